The van der Waals surface area contributed by atoms with Gasteiger partial charge in [-0.05, 0) is 56.3 Å². The Balaban J connectivity index is 0.000000226. The lowest BCUT2D eigenvalue weighted by atomic mass is 9.82. The standard InChI is InChI=1S/C18H10F5NO2.C18H11F4NO2.C2H6/c1-8-11(6-10-3-2-9(7-24-10)18(21,22)23)17(26)15-13(20)5-4-12(19)14(15)16(8)25;1-9-13(7-11-6-5-10(8-23-11)18(20,21)22)17(25)15-12(16(9)24)3-2-4-14(15)19;1-2/h2-5,7H,6H2,1H3;2-6,8H,7H2,1H3;1-2H3. The number of halogens is 9. The number of benzene rings is 2. The van der Waals surface area contributed by atoms with Crippen LogP contribution in [0.5, 0.6) is 0 Å². The monoisotopic (exact) mass is 746 g/mol. The summed E-state index contributed by atoms with van der Waals surface area (Å²) >= 11 is 0. The molecule has 0 saturated heterocycles. The Bertz CT molecular complexity index is 2180. The number of allylic oxidation sites excluding steroid dienone is 4. The van der Waals surface area contributed by atoms with E-state index >= 15 is 0 Å². The molecule has 0 saturated carbocycles. The van der Waals surface area contributed by atoms with Gasteiger partial charge in [-0.1, -0.05) is 26.0 Å². The molecule has 4 aromatic rings. The second-order valence-electron chi connectivity index (χ2n) is 11.4. The fourth-order valence-electron chi connectivity index (χ4n) is 5.43. The number of hydrogen-bond donors (Lipinski definition) is 0. The van der Waals surface area contributed by atoms with E-state index in [9.17, 15) is 58.7 Å². The Morgan fingerprint density at radius 3 is 1.32 bits per heavy atom. The van der Waals surface area contributed by atoms with E-state index in [1.165, 1.54) is 26.0 Å². The van der Waals surface area contributed by atoms with E-state index in [0.29, 0.717) is 12.4 Å². The molecule has 0 spiro atoms. The first kappa shape index (κ1) is 40.0. The molecule has 0 fully saturated rings. The van der Waals surface area contributed by atoms with Gasteiger partial charge in [0.05, 0.1) is 27.8 Å². The highest BCUT2D eigenvalue weighted by molar-refractivity contribution is 6.27. The molecule has 6 rings (SSSR count). The van der Waals surface area contributed by atoms with Crippen molar-refractivity contribution in [2.45, 2.75) is 52.9 Å². The van der Waals surface area contributed by atoms with Crippen molar-refractivity contribution in [3.63, 3.8) is 0 Å². The van der Waals surface area contributed by atoms with E-state index in [1.54, 1.807) is 0 Å². The molecule has 0 unspecified atom stereocenters. The van der Waals surface area contributed by atoms with Gasteiger partial charge in [-0.3, -0.25) is 29.1 Å². The maximum absolute atomic E-state index is 14.0. The van der Waals surface area contributed by atoms with Crippen molar-refractivity contribution in [3.8, 4) is 0 Å². The molecule has 2 aliphatic carbocycles. The van der Waals surface area contributed by atoms with Crippen molar-refractivity contribution in [3.05, 3.63) is 152 Å². The van der Waals surface area contributed by atoms with Gasteiger partial charge in [0.1, 0.15) is 17.5 Å². The van der Waals surface area contributed by atoms with Crippen LogP contribution >= 0.6 is 0 Å². The van der Waals surface area contributed by atoms with Crippen molar-refractivity contribution in [2.75, 3.05) is 0 Å². The summed E-state index contributed by atoms with van der Waals surface area (Å²) in [6.45, 7) is 6.72. The molecular formula is C38H27F9N2O4. The third kappa shape index (κ3) is 8.18. The number of carbonyl (C=O) groups excluding carboxylic acids is 4. The number of pyridine rings is 2. The summed E-state index contributed by atoms with van der Waals surface area (Å²) in [5, 5.41) is 0. The zero-order chi connectivity index (χ0) is 39.6. The van der Waals surface area contributed by atoms with Crippen molar-refractivity contribution >= 4 is 23.1 Å². The van der Waals surface area contributed by atoms with E-state index in [1.807, 2.05) is 13.8 Å². The van der Waals surface area contributed by atoms with E-state index < -0.39 is 75.2 Å². The van der Waals surface area contributed by atoms with Crippen LogP contribution in [0.4, 0.5) is 39.5 Å². The normalized spacial score (nSPS) is 14.3. The van der Waals surface area contributed by atoms with Crippen LogP contribution in [0, 0.1) is 17.5 Å². The second-order valence-corrected chi connectivity index (χ2v) is 11.4. The quantitative estimate of drug-likeness (QED) is 0.193. The van der Waals surface area contributed by atoms with Gasteiger partial charge in [0.2, 0.25) is 0 Å². The minimum Gasteiger partial charge on any atom is -0.289 e. The number of alkyl halides is 6. The first-order valence-corrected chi connectivity index (χ1v) is 15.7. The van der Waals surface area contributed by atoms with Gasteiger partial charge in [-0.25, -0.2) is 13.2 Å². The Labute approximate surface area is 296 Å². The molecule has 2 aromatic heterocycles. The fraction of sp³-hybridized carbons (Fsp3) is 0.211. The average molecular weight is 747 g/mol. The Morgan fingerprint density at radius 2 is 0.906 bits per heavy atom. The van der Waals surface area contributed by atoms with Crippen molar-refractivity contribution in [2.24, 2.45) is 0 Å². The number of aromatic nitrogens is 2. The molecule has 0 bridgehead atoms. The third-order valence-electron chi connectivity index (χ3n) is 8.20. The van der Waals surface area contributed by atoms with Crippen LogP contribution in [-0.4, -0.2) is 33.1 Å². The van der Waals surface area contributed by atoms with Crippen LogP contribution in [0.2, 0.25) is 0 Å². The highest BCUT2D eigenvalue weighted by atomic mass is 19.4. The molecule has 6 nitrogen and oxygen atoms in total. The van der Waals surface area contributed by atoms with Gasteiger partial charge in [0.15, 0.2) is 23.1 Å². The first-order valence-electron chi connectivity index (χ1n) is 15.7. The van der Waals surface area contributed by atoms with E-state index in [-0.39, 0.29) is 57.6 Å². The molecule has 2 aliphatic rings. The summed E-state index contributed by atoms with van der Waals surface area (Å²) in [6, 6.07) is 9.14. The van der Waals surface area contributed by atoms with Gasteiger partial charge in [0, 0.05) is 64.5 Å². The summed E-state index contributed by atoms with van der Waals surface area (Å²) < 4.78 is 117. The SMILES string of the molecule is CC.CC1=C(Cc2ccc(C(F)(F)F)cn2)C(=O)c2c(F)ccc(F)c2C1=O.CC1=C(Cc2ccc(C(F)(F)F)cn2)C(=O)c2c(F)cccc2C1=O. The Hall–Kier alpha value is -5.73. The van der Waals surface area contributed by atoms with E-state index in [4.69, 9.17) is 0 Å². The molecular weight excluding hydrogens is 719 g/mol. The number of hydrogen-bond acceptors (Lipinski definition) is 6. The number of ketones is 4. The van der Waals surface area contributed by atoms with Crippen LogP contribution in [0.25, 0.3) is 0 Å². The minimum atomic E-state index is -4.56. The number of fused-ring (bicyclic) bond motifs is 2. The van der Waals surface area contributed by atoms with Crippen LogP contribution in [0.1, 0.15) is 91.6 Å². The molecule has 276 valence electrons. The van der Waals surface area contributed by atoms with Gasteiger partial charge >= 0.3 is 12.4 Å². The second kappa shape index (κ2) is 15.5. The predicted molar refractivity (Wildman–Crippen MR) is 173 cm³/mol. The topological polar surface area (TPSA) is 94.1 Å². The minimum absolute atomic E-state index is 0.00775. The summed E-state index contributed by atoms with van der Waals surface area (Å²) in [6.07, 6.45) is -8.23. The number of carbonyl (C=O) groups is 4. The highest BCUT2D eigenvalue weighted by Crippen LogP contribution is 2.34. The van der Waals surface area contributed by atoms with Gasteiger partial charge in [-0.2, -0.15) is 26.3 Å². The Morgan fingerprint density at radius 1 is 0.509 bits per heavy atom. The summed E-state index contributed by atoms with van der Waals surface area (Å²) in [4.78, 5) is 57.2. The Kier molecular flexibility index (Phi) is 11.7. The van der Waals surface area contributed by atoms with Crippen LogP contribution < -0.4 is 0 Å². The number of rotatable bonds is 4. The molecule has 0 N–H and O–H groups in total. The van der Waals surface area contributed by atoms with E-state index in [2.05, 4.69) is 9.97 Å². The summed E-state index contributed by atoms with van der Waals surface area (Å²) in [5.41, 5.74) is -3.24. The summed E-state index contributed by atoms with van der Waals surface area (Å²) in [5.74, 6) is -5.69. The summed E-state index contributed by atoms with van der Waals surface area (Å²) in [7, 11) is 0. The molecule has 53 heavy (non-hydrogen) atoms. The lowest BCUT2D eigenvalue weighted by molar-refractivity contribution is -0.138. The molecule has 0 aliphatic heterocycles. The lowest BCUT2D eigenvalue weighted by Crippen LogP contribution is -2.25. The van der Waals surface area contributed by atoms with Gasteiger partial charge < -0.3 is 0 Å². The average Bonchev–Trinajstić information content (AvgIpc) is 3.11. The zero-order valence-corrected chi connectivity index (χ0v) is 28.2. The number of Topliss-reactive ketones (excluding diaryl/α,β-unsaturated/α-hetero) is 4. The van der Waals surface area contributed by atoms with Gasteiger partial charge in [0.25, 0.3) is 0 Å². The molecule has 2 aromatic carbocycles. The van der Waals surface area contributed by atoms with Crippen LogP contribution in [0.3, 0.4) is 0 Å². The van der Waals surface area contributed by atoms with Crippen molar-refractivity contribution in [1.82, 2.24) is 9.97 Å². The molecule has 0 atom stereocenters. The largest absolute Gasteiger partial charge is 0.417 e. The number of nitrogens with zero attached hydrogens (tertiary/aromatic N) is 2. The maximum Gasteiger partial charge on any atom is 0.417 e. The third-order valence-corrected chi connectivity index (χ3v) is 8.20. The van der Waals surface area contributed by atoms with Crippen LogP contribution in [-0.2, 0) is 25.2 Å². The van der Waals surface area contributed by atoms with E-state index in [0.717, 1.165) is 42.5 Å². The first-order chi connectivity index (χ1) is 24.8. The molecule has 2 heterocycles. The van der Waals surface area contributed by atoms with Gasteiger partial charge in [-0.15, -0.1) is 0 Å². The lowest BCUT2D eigenvalue weighted by Gasteiger charge is -2.20. The molecule has 0 radical (unpaired) electrons. The highest BCUT2D eigenvalue weighted by Gasteiger charge is 2.36. The maximum atomic E-state index is 14.0. The van der Waals surface area contributed by atoms with Crippen molar-refractivity contribution < 1.29 is 58.7 Å². The fourth-order valence-corrected chi connectivity index (χ4v) is 5.43. The molecule has 15 heteroatoms. The van der Waals surface area contributed by atoms with Crippen LogP contribution in [0.15, 0.2) is 89.3 Å². The zero-order valence-electron chi connectivity index (χ0n) is 28.2. The molecule has 0 amide bonds. The van der Waals surface area contributed by atoms with Crippen molar-refractivity contribution in [1.29, 1.82) is 0 Å². The smallest absolute Gasteiger partial charge is 0.289 e. The predicted octanol–water partition coefficient (Wildman–Crippen LogP) is 9.52.